The van der Waals surface area contributed by atoms with E-state index in [1.165, 1.54) is 0 Å². The number of carbonyl (C=O) groups excluding carboxylic acids is 2. The first kappa shape index (κ1) is 18.0. The van der Waals surface area contributed by atoms with Crippen molar-refractivity contribution in [2.45, 2.75) is 39.2 Å². The Kier molecular flexibility index (Phi) is 5.26. The number of amides is 2. The molecule has 136 valence electrons. The Morgan fingerprint density at radius 2 is 1.81 bits per heavy atom. The molecular formula is C21H24N2O3. The van der Waals surface area contributed by atoms with E-state index >= 15 is 0 Å². The second kappa shape index (κ2) is 7.60. The smallest absolute Gasteiger partial charge is 0.251 e. The molecule has 0 atom stereocenters. The second-order valence-electron chi connectivity index (χ2n) is 6.81. The summed E-state index contributed by atoms with van der Waals surface area (Å²) < 4.78 is 5.31. The molecule has 1 aliphatic rings. The third-order valence-corrected chi connectivity index (χ3v) is 4.52. The maximum atomic E-state index is 12.4. The third kappa shape index (κ3) is 4.42. The number of aryl methyl sites for hydroxylation is 2. The normalized spacial score (nSPS) is 13.2. The Labute approximate surface area is 153 Å². The summed E-state index contributed by atoms with van der Waals surface area (Å²) in [4.78, 5) is 24.6. The lowest BCUT2D eigenvalue weighted by molar-refractivity contribution is -0.115. The first-order valence-electron chi connectivity index (χ1n) is 8.81. The van der Waals surface area contributed by atoms with E-state index in [-0.39, 0.29) is 18.2 Å². The minimum atomic E-state index is -0.126. The van der Waals surface area contributed by atoms with E-state index in [2.05, 4.69) is 10.6 Å². The molecule has 2 aromatic carbocycles. The van der Waals surface area contributed by atoms with Crippen LogP contribution >= 0.6 is 0 Å². The molecule has 0 spiro atoms. The summed E-state index contributed by atoms with van der Waals surface area (Å²) in [6.45, 7) is 3.87. The van der Waals surface area contributed by atoms with E-state index < -0.39 is 0 Å². The van der Waals surface area contributed by atoms with Crippen LogP contribution in [-0.4, -0.2) is 25.0 Å². The van der Waals surface area contributed by atoms with E-state index in [1.54, 1.807) is 19.2 Å². The van der Waals surface area contributed by atoms with Crippen molar-refractivity contribution >= 4 is 17.5 Å². The van der Waals surface area contributed by atoms with Crippen LogP contribution in [0.15, 0.2) is 36.4 Å². The van der Waals surface area contributed by atoms with Crippen LogP contribution in [0.4, 0.5) is 5.69 Å². The molecule has 1 aliphatic carbocycles. The molecule has 2 N–H and O–H groups in total. The Morgan fingerprint density at radius 3 is 2.50 bits per heavy atom. The zero-order valence-electron chi connectivity index (χ0n) is 15.4. The van der Waals surface area contributed by atoms with Gasteiger partial charge in [-0.3, -0.25) is 9.59 Å². The average Bonchev–Trinajstić information content (AvgIpc) is 3.42. The largest absolute Gasteiger partial charge is 0.496 e. The number of hydrogen-bond acceptors (Lipinski definition) is 3. The fraction of sp³-hybridized carbons (Fsp3) is 0.333. The van der Waals surface area contributed by atoms with Crippen molar-refractivity contribution in [1.82, 2.24) is 5.32 Å². The van der Waals surface area contributed by atoms with E-state index in [0.29, 0.717) is 17.3 Å². The van der Waals surface area contributed by atoms with Gasteiger partial charge in [0.2, 0.25) is 5.91 Å². The molecule has 0 unspecified atom stereocenters. The lowest BCUT2D eigenvalue weighted by atomic mass is 10.1. The minimum Gasteiger partial charge on any atom is -0.496 e. The van der Waals surface area contributed by atoms with Crippen molar-refractivity contribution in [2.75, 3.05) is 12.4 Å². The number of methoxy groups -OCH3 is 1. The zero-order valence-corrected chi connectivity index (χ0v) is 15.4. The molecule has 1 saturated carbocycles. The van der Waals surface area contributed by atoms with Gasteiger partial charge in [-0.2, -0.15) is 0 Å². The van der Waals surface area contributed by atoms with Crippen molar-refractivity contribution < 1.29 is 14.3 Å². The molecule has 0 radical (unpaired) electrons. The average molecular weight is 352 g/mol. The fourth-order valence-electron chi connectivity index (χ4n) is 2.75. The molecule has 0 aromatic heterocycles. The molecule has 5 heteroatoms. The van der Waals surface area contributed by atoms with Crippen LogP contribution in [0.3, 0.4) is 0 Å². The van der Waals surface area contributed by atoms with Gasteiger partial charge in [-0.1, -0.05) is 18.2 Å². The van der Waals surface area contributed by atoms with Crippen molar-refractivity contribution in [2.24, 2.45) is 0 Å². The molecule has 5 nitrogen and oxygen atoms in total. The van der Waals surface area contributed by atoms with Crippen molar-refractivity contribution in [3.05, 3.63) is 58.7 Å². The van der Waals surface area contributed by atoms with E-state index in [1.807, 2.05) is 38.1 Å². The summed E-state index contributed by atoms with van der Waals surface area (Å²) >= 11 is 0. The van der Waals surface area contributed by atoms with E-state index in [9.17, 15) is 9.59 Å². The summed E-state index contributed by atoms with van der Waals surface area (Å²) in [5, 5.41) is 5.88. The Balaban J connectivity index is 1.69. The van der Waals surface area contributed by atoms with Gasteiger partial charge in [0.1, 0.15) is 5.75 Å². The van der Waals surface area contributed by atoms with Gasteiger partial charge in [-0.05, 0) is 61.6 Å². The van der Waals surface area contributed by atoms with Crippen LogP contribution < -0.4 is 15.4 Å². The summed E-state index contributed by atoms with van der Waals surface area (Å²) in [5.74, 6) is 0.551. The number of benzene rings is 2. The number of nitrogens with one attached hydrogen (secondary N) is 2. The van der Waals surface area contributed by atoms with Gasteiger partial charge in [-0.15, -0.1) is 0 Å². The molecule has 0 heterocycles. The predicted molar refractivity (Wildman–Crippen MR) is 102 cm³/mol. The number of rotatable bonds is 6. The molecule has 0 bridgehead atoms. The number of carbonyl (C=O) groups is 2. The van der Waals surface area contributed by atoms with Crippen LogP contribution in [-0.2, 0) is 11.2 Å². The van der Waals surface area contributed by atoms with Crippen molar-refractivity contribution in [3.63, 3.8) is 0 Å². The Bertz CT molecular complexity index is 841. The van der Waals surface area contributed by atoms with Crippen LogP contribution in [0.25, 0.3) is 0 Å². The Morgan fingerprint density at radius 1 is 1.08 bits per heavy atom. The zero-order chi connectivity index (χ0) is 18.7. The van der Waals surface area contributed by atoms with Crippen LogP contribution in [0, 0.1) is 13.8 Å². The lowest BCUT2D eigenvalue weighted by Gasteiger charge is -2.12. The van der Waals surface area contributed by atoms with Gasteiger partial charge in [-0.25, -0.2) is 0 Å². The number of ether oxygens (including phenoxy) is 1. The quantitative estimate of drug-likeness (QED) is 0.837. The highest BCUT2D eigenvalue weighted by Gasteiger charge is 2.24. The summed E-state index contributed by atoms with van der Waals surface area (Å²) in [6.07, 6.45) is 2.33. The summed E-state index contributed by atoms with van der Waals surface area (Å²) in [5.41, 5.74) is 4.06. The van der Waals surface area contributed by atoms with Gasteiger partial charge >= 0.3 is 0 Å². The van der Waals surface area contributed by atoms with Gasteiger partial charge in [0, 0.05) is 17.3 Å². The lowest BCUT2D eigenvalue weighted by Crippen LogP contribution is -2.25. The van der Waals surface area contributed by atoms with Crippen LogP contribution in [0.5, 0.6) is 5.75 Å². The standard InChI is InChI=1S/C21H24N2O3/c1-13-5-7-16(21(25)22-17-8-9-17)12-18(13)23-20(24)11-15-6-4-14(2)19(10-15)26-3/h4-7,10,12,17H,8-9,11H2,1-3H3,(H,22,25)(H,23,24). The Hall–Kier alpha value is -2.82. The minimum absolute atomic E-state index is 0.0914. The summed E-state index contributed by atoms with van der Waals surface area (Å²) in [7, 11) is 1.62. The number of anilines is 1. The first-order chi connectivity index (χ1) is 12.5. The highest BCUT2D eigenvalue weighted by molar-refractivity contribution is 5.98. The van der Waals surface area contributed by atoms with Gasteiger partial charge in [0.15, 0.2) is 0 Å². The molecule has 26 heavy (non-hydrogen) atoms. The SMILES string of the molecule is COc1cc(CC(=O)Nc2cc(C(=O)NC3CC3)ccc2C)ccc1C. The topological polar surface area (TPSA) is 67.4 Å². The molecule has 0 saturated heterocycles. The molecule has 3 rings (SSSR count). The van der Waals surface area contributed by atoms with Crippen LogP contribution in [0.2, 0.25) is 0 Å². The van der Waals surface area contributed by atoms with E-state index in [0.717, 1.165) is 35.3 Å². The monoisotopic (exact) mass is 352 g/mol. The summed E-state index contributed by atoms with van der Waals surface area (Å²) in [6, 6.07) is 11.4. The molecule has 2 amide bonds. The van der Waals surface area contributed by atoms with E-state index in [4.69, 9.17) is 4.74 Å². The highest BCUT2D eigenvalue weighted by atomic mass is 16.5. The maximum Gasteiger partial charge on any atom is 0.251 e. The third-order valence-electron chi connectivity index (χ3n) is 4.52. The first-order valence-corrected chi connectivity index (χ1v) is 8.81. The predicted octanol–water partition coefficient (Wildman–Crippen LogP) is 3.39. The highest BCUT2D eigenvalue weighted by Crippen LogP contribution is 2.22. The van der Waals surface area contributed by atoms with Crippen molar-refractivity contribution in [3.8, 4) is 5.75 Å². The van der Waals surface area contributed by atoms with Crippen LogP contribution in [0.1, 0.15) is 39.9 Å². The van der Waals surface area contributed by atoms with Gasteiger partial charge in [0.25, 0.3) is 5.91 Å². The second-order valence-corrected chi connectivity index (χ2v) is 6.81. The molecular weight excluding hydrogens is 328 g/mol. The van der Waals surface area contributed by atoms with Crippen molar-refractivity contribution in [1.29, 1.82) is 0 Å². The van der Waals surface area contributed by atoms with Gasteiger partial charge < -0.3 is 15.4 Å². The fourth-order valence-corrected chi connectivity index (χ4v) is 2.75. The van der Waals surface area contributed by atoms with Gasteiger partial charge in [0.05, 0.1) is 13.5 Å². The molecule has 0 aliphatic heterocycles. The number of hydrogen-bond donors (Lipinski definition) is 2. The molecule has 1 fully saturated rings. The maximum absolute atomic E-state index is 12.4. The molecule has 2 aromatic rings.